The SMILES string of the molecule is O=C(Nc1ccc(-c2ccc(S(=O)(=O)N[C@@H](Cc3ccc(OCc4ccccc4)cc3)C(=O)O)cc2)cc1)c1cc2ccccc2o1. The fourth-order valence-electron chi connectivity index (χ4n) is 4.99. The number of aliphatic carboxylic acids is 1. The van der Waals surface area contributed by atoms with Gasteiger partial charge in [-0.3, -0.25) is 9.59 Å². The first-order chi connectivity index (χ1) is 22.7. The van der Waals surface area contributed by atoms with Crippen LogP contribution in [0.2, 0.25) is 0 Å². The largest absolute Gasteiger partial charge is 0.489 e. The molecule has 1 heterocycles. The van der Waals surface area contributed by atoms with Crippen LogP contribution in [0.3, 0.4) is 0 Å². The molecule has 10 heteroatoms. The minimum Gasteiger partial charge on any atom is -0.489 e. The summed E-state index contributed by atoms with van der Waals surface area (Å²) >= 11 is 0. The van der Waals surface area contributed by atoms with Crippen LogP contribution >= 0.6 is 0 Å². The van der Waals surface area contributed by atoms with Gasteiger partial charge < -0.3 is 19.6 Å². The highest BCUT2D eigenvalue weighted by molar-refractivity contribution is 7.89. The second kappa shape index (κ2) is 13.7. The predicted molar refractivity (Wildman–Crippen MR) is 179 cm³/mol. The zero-order valence-corrected chi connectivity index (χ0v) is 25.8. The molecule has 1 amide bonds. The molecule has 3 N–H and O–H groups in total. The molecule has 6 rings (SSSR count). The van der Waals surface area contributed by atoms with E-state index in [1.54, 1.807) is 72.8 Å². The van der Waals surface area contributed by atoms with Gasteiger partial charge in [0, 0.05) is 11.1 Å². The standard InChI is InChI=1S/C37H30N2O7S/c40-36(35-23-29-8-4-5-9-34(29)46-35)38-30-16-12-27(13-17-30)28-14-20-32(21-15-28)47(43,44)39-33(37(41)42)22-25-10-18-31(19-11-25)45-24-26-6-2-1-3-7-26/h1-21,23,33,39H,22,24H2,(H,38,40)(H,41,42)/t33-/m0/s1. The van der Waals surface area contributed by atoms with E-state index in [-0.39, 0.29) is 23.0 Å². The summed E-state index contributed by atoms with van der Waals surface area (Å²) in [5.41, 5.74) is 4.38. The van der Waals surface area contributed by atoms with Crippen LogP contribution in [0, 0.1) is 0 Å². The van der Waals surface area contributed by atoms with Crippen molar-refractivity contribution < 1.29 is 32.3 Å². The summed E-state index contributed by atoms with van der Waals surface area (Å²) in [6.45, 7) is 0.393. The minimum absolute atomic E-state index is 0.0508. The molecule has 0 unspecified atom stereocenters. The van der Waals surface area contributed by atoms with Gasteiger partial charge >= 0.3 is 5.97 Å². The molecule has 0 saturated carbocycles. The lowest BCUT2D eigenvalue weighted by Crippen LogP contribution is -2.42. The van der Waals surface area contributed by atoms with Crippen LogP contribution in [0.4, 0.5) is 5.69 Å². The number of benzene rings is 5. The quantitative estimate of drug-likeness (QED) is 0.132. The molecule has 0 saturated heterocycles. The molecule has 0 radical (unpaired) electrons. The van der Waals surface area contributed by atoms with Crippen LogP contribution in [0.1, 0.15) is 21.7 Å². The van der Waals surface area contributed by atoms with Gasteiger partial charge in [-0.2, -0.15) is 4.72 Å². The lowest BCUT2D eigenvalue weighted by molar-refractivity contribution is -0.138. The summed E-state index contributed by atoms with van der Waals surface area (Å²) in [7, 11) is -4.14. The van der Waals surface area contributed by atoms with Gasteiger partial charge in [-0.05, 0) is 77.2 Å². The van der Waals surface area contributed by atoms with Gasteiger partial charge in [-0.1, -0.05) is 84.9 Å². The third kappa shape index (κ3) is 7.75. The highest BCUT2D eigenvalue weighted by atomic mass is 32.2. The van der Waals surface area contributed by atoms with Gasteiger partial charge in [0.15, 0.2) is 5.76 Å². The van der Waals surface area contributed by atoms with Crippen LogP contribution in [0.15, 0.2) is 143 Å². The van der Waals surface area contributed by atoms with Crippen molar-refractivity contribution in [3.63, 3.8) is 0 Å². The summed E-state index contributed by atoms with van der Waals surface area (Å²) in [5, 5.41) is 13.4. The summed E-state index contributed by atoms with van der Waals surface area (Å²) in [6, 6.07) is 37.5. The number of carbonyl (C=O) groups is 2. The highest BCUT2D eigenvalue weighted by Gasteiger charge is 2.26. The molecule has 9 nitrogen and oxygen atoms in total. The smallest absolute Gasteiger partial charge is 0.322 e. The Morgan fingerprint density at radius 1 is 0.745 bits per heavy atom. The molecule has 0 aliphatic heterocycles. The number of ether oxygens (including phenoxy) is 1. The van der Waals surface area contributed by atoms with E-state index in [4.69, 9.17) is 9.15 Å². The molecule has 1 atom stereocenters. The van der Waals surface area contributed by atoms with E-state index in [0.717, 1.165) is 22.1 Å². The Balaban J connectivity index is 1.06. The first kappa shape index (κ1) is 31.3. The molecule has 6 aromatic rings. The Hall–Kier alpha value is -5.71. The Bertz CT molecular complexity index is 2080. The van der Waals surface area contributed by atoms with Crippen molar-refractivity contribution >= 4 is 38.6 Å². The number of sulfonamides is 1. The van der Waals surface area contributed by atoms with Crippen molar-refractivity contribution in [1.29, 1.82) is 0 Å². The lowest BCUT2D eigenvalue weighted by Gasteiger charge is -2.16. The van der Waals surface area contributed by atoms with E-state index in [1.165, 1.54) is 12.1 Å². The topological polar surface area (TPSA) is 135 Å². The van der Waals surface area contributed by atoms with E-state index in [2.05, 4.69) is 10.0 Å². The van der Waals surface area contributed by atoms with Crippen LogP contribution in [0.25, 0.3) is 22.1 Å². The molecule has 0 aliphatic carbocycles. The van der Waals surface area contributed by atoms with Gasteiger partial charge in [0.25, 0.3) is 5.91 Å². The molecule has 0 spiro atoms. The summed E-state index contributed by atoms with van der Waals surface area (Å²) in [4.78, 5) is 24.6. The van der Waals surface area contributed by atoms with Crippen LogP contribution in [0.5, 0.6) is 5.75 Å². The zero-order valence-electron chi connectivity index (χ0n) is 25.0. The van der Waals surface area contributed by atoms with Crippen molar-refractivity contribution in [2.75, 3.05) is 5.32 Å². The molecule has 47 heavy (non-hydrogen) atoms. The Morgan fingerprint density at radius 3 is 2.04 bits per heavy atom. The van der Waals surface area contributed by atoms with E-state index in [1.807, 2.05) is 48.5 Å². The molecule has 0 fully saturated rings. The van der Waals surface area contributed by atoms with Crippen molar-refractivity contribution in [2.24, 2.45) is 0 Å². The second-order valence-corrected chi connectivity index (χ2v) is 12.6. The summed E-state index contributed by atoms with van der Waals surface area (Å²) < 4.78 is 40.0. The second-order valence-electron chi connectivity index (χ2n) is 10.8. The Labute approximate surface area is 271 Å². The molecule has 0 bridgehead atoms. The highest BCUT2D eigenvalue weighted by Crippen LogP contribution is 2.25. The number of carboxylic acid groups (broad SMARTS) is 1. The van der Waals surface area contributed by atoms with Gasteiger partial charge in [-0.15, -0.1) is 0 Å². The monoisotopic (exact) mass is 646 g/mol. The molecule has 236 valence electrons. The number of anilines is 1. The number of amides is 1. The summed E-state index contributed by atoms with van der Waals surface area (Å²) in [6.07, 6.45) is -0.0508. The third-order valence-electron chi connectivity index (χ3n) is 7.50. The lowest BCUT2D eigenvalue weighted by atomic mass is 10.1. The summed E-state index contributed by atoms with van der Waals surface area (Å²) in [5.74, 6) is -0.845. The fraction of sp³-hybridized carbons (Fsp3) is 0.0811. The fourth-order valence-corrected chi connectivity index (χ4v) is 6.18. The van der Waals surface area contributed by atoms with Crippen LogP contribution in [-0.2, 0) is 27.8 Å². The van der Waals surface area contributed by atoms with Gasteiger partial charge in [-0.25, -0.2) is 8.42 Å². The Morgan fingerprint density at radius 2 is 1.38 bits per heavy atom. The van der Waals surface area contributed by atoms with E-state index < -0.39 is 22.0 Å². The maximum atomic E-state index is 13.1. The number of hydrogen-bond acceptors (Lipinski definition) is 6. The number of rotatable bonds is 12. The number of hydrogen-bond donors (Lipinski definition) is 3. The Kier molecular flexibility index (Phi) is 9.14. The van der Waals surface area contributed by atoms with Gasteiger partial charge in [0.1, 0.15) is 24.0 Å². The molecule has 5 aromatic carbocycles. The molecular weight excluding hydrogens is 616 g/mol. The predicted octanol–water partition coefficient (Wildman–Crippen LogP) is 6.91. The molecule has 1 aromatic heterocycles. The zero-order chi connectivity index (χ0) is 32.8. The third-order valence-corrected chi connectivity index (χ3v) is 8.98. The maximum Gasteiger partial charge on any atom is 0.322 e. The average Bonchev–Trinajstić information content (AvgIpc) is 3.53. The average molecular weight is 647 g/mol. The first-order valence-electron chi connectivity index (χ1n) is 14.7. The normalized spacial score (nSPS) is 12.0. The minimum atomic E-state index is -4.14. The first-order valence-corrected chi connectivity index (χ1v) is 16.2. The van der Waals surface area contributed by atoms with Gasteiger partial charge in [0.05, 0.1) is 4.90 Å². The van der Waals surface area contributed by atoms with Gasteiger partial charge in [0.2, 0.25) is 10.0 Å². The van der Waals surface area contributed by atoms with Crippen molar-refractivity contribution in [1.82, 2.24) is 4.72 Å². The van der Waals surface area contributed by atoms with E-state index in [0.29, 0.717) is 29.2 Å². The van der Waals surface area contributed by atoms with Crippen molar-refractivity contribution in [3.8, 4) is 16.9 Å². The van der Waals surface area contributed by atoms with E-state index >= 15 is 0 Å². The van der Waals surface area contributed by atoms with Crippen LogP contribution in [-0.4, -0.2) is 31.4 Å². The number of fused-ring (bicyclic) bond motifs is 1. The van der Waals surface area contributed by atoms with Crippen molar-refractivity contribution in [3.05, 3.63) is 150 Å². The number of furan rings is 1. The molecular formula is C37H30N2O7S. The number of para-hydroxylation sites is 1. The van der Waals surface area contributed by atoms with Crippen molar-refractivity contribution in [2.45, 2.75) is 24.0 Å². The maximum absolute atomic E-state index is 13.1. The number of nitrogens with one attached hydrogen (secondary N) is 2. The van der Waals surface area contributed by atoms with Crippen LogP contribution < -0.4 is 14.8 Å². The number of carboxylic acids is 1. The molecule has 0 aliphatic rings. The number of carbonyl (C=O) groups excluding carboxylic acids is 1. The van der Waals surface area contributed by atoms with E-state index in [9.17, 15) is 23.1 Å².